The van der Waals surface area contributed by atoms with E-state index in [4.69, 9.17) is 16.7 Å². The molecule has 1 aromatic rings. The molecule has 3 N–H and O–H groups in total. The molecule has 0 bridgehead atoms. The van der Waals surface area contributed by atoms with E-state index >= 15 is 0 Å². The molecule has 0 aromatic heterocycles. The summed E-state index contributed by atoms with van der Waals surface area (Å²) in [5, 5.41) is 14.4. The summed E-state index contributed by atoms with van der Waals surface area (Å²) in [6.07, 6.45) is -0.532. The van der Waals surface area contributed by atoms with E-state index in [0.29, 0.717) is 6.54 Å². The van der Waals surface area contributed by atoms with Crippen LogP contribution in [0, 0.1) is 5.82 Å². The highest BCUT2D eigenvalue weighted by molar-refractivity contribution is 6.30. The molecule has 94 valence electrons. The molecule has 1 atom stereocenters. The molecular formula is C11H14ClFN2O2. The summed E-state index contributed by atoms with van der Waals surface area (Å²) in [5.41, 5.74) is 0.0817. The fourth-order valence-electron chi connectivity index (χ4n) is 1.18. The van der Waals surface area contributed by atoms with Gasteiger partial charge in [0.1, 0.15) is 5.82 Å². The van der Waals surface area contributed by atoms with Crippen LogP contribution in [0.15, 0.2) is 18.2 Å². The van der Waals surface area contributed by atoms with Crippen molar-refractivity contribution in [2.24, 2.45) is 0 Å². The summed E-state index contributed by atoms with van der Waals surface area (Å²) in [5.74, 6) is -0.965. The maximum Gasteiger partial charge on any atom is 0.238 e. The fraction of sp³-hybridized carbons (Fsp3) is 0.364. The number of amides is 1. The second-order valence-corrected chi connectivity index (χ2v) is 4.09. The number of aliphatic hydroxyl groups is 1. The first-order valence-corrected chi connectivity index (χ1v) is 5.50. The van der Waals surface area contributed by atoms with Crippen LogP contribution in [-0.4, -0.2) is 30.2 Å². The van der Waals surface area contributed by atoms with Crippen LogP contribution in [0.4, 0.5) is 10.1 Å². The lowest BCUT2D eigenvalue weighted by Gasteiger charge is -2.08. The van der Waals surface area contributed by atoms with Gasteiger partial charge in [0.2, 0.25) is 5.91 Å². The third-order valence-corrected chi connectivity index (χ3v) is 2.17. The number of halogens is 2. The number of carbonyl (C=O) groups is 1. The summed E-state index contributed by atoms with van der Waals surface area (Å²) >= 11 is 5.58. The molecule has 0 aliphatic heterocycles. The van der Waals surface area contributed by atoms with Gasteiger partial charge < -0.3 is 15.7 Å². The minimum Gasteiger partial charge on any atom is -0.392 e. The molecule has 4 nitrogen and oxygen atoms in total. The summed E-state index contributed by atoms with van der Waals surface area (Å²) < 4.78 is 13.3. The Labute approximate surface area is 104 Å². The number of hydrogen-bond donors (Lipinski definition) is 3. The highest BCUT2D eigenvalue weighted by atomic mass is 35.5. The molecule has 0 fully saturated rings. The van der Waals surface area contributed by atoms with E-state index in [-0.39, 0.29) is 23.2 Å². The first kappa shape index (κ1) is 13.9. The zero-order chi connectivity index (χ0) is 12.8. The molecule has 6 heteroatoms. The zero-order valence-corrected chi connectivity index (χ0v) is 10.1. The number of benzene rings is 1. The predicted octanol–water partition coefficient (Wildman–Crippen LogP) is 1.39. The molecule has 0 saturated heterocycles. The Hall–Kier alpha value is -1.17. The first-order valence-electron chi connectivity index (χ1n) is 5.12. The lowest BCUT2D eigenvalue weighted by atomic mass is 10.3. The normalized spacial score (nSPS) is 12.2. The lowest BCUT2D eigenvalue weighted by molar-refractivity contribution is -0.115. The van der Waals surface area contributed by atoms with Gasteiger partial charge in [0, 0.05) is 11.6 Å². The standard InChI is InChI=1S/C11H14ClFN2O2/c1-7(16)5-14-6-11(17)15-10-3-2-8(12)4-9(10)13/h2-4,7,14,16H,5-6H2,1H3,(H,15,17)/t7-/m1/s1. The summed E-state index contributed by atoms with van der Waals surface area (Å²) in [7, 11) is 0. The minimum atomic E-state index is -0.582. The lowest BCUT2D eigenvalue weighted by Crippen LogP contribution is -2.32. The van der Waals surface area contributed by atoms with E-state index in [0.717, 1.165) is 6.07 Å². The van der Waals surface area contributed by atoms with E-state index in [9.17, 15) is 9.18 Å². The third kappa shape index (κ3) is 5.12. The van der Waals surface area contributed by atoms with Crippen molar-refractivity contribution in [2.45, 2.75) is 13.0 Å². The molecule has 0 saturated carbocycles. The smallest absolute Gasteiger partial charge is 0.238 e. The van der Waals surface area contributed by atoms with Gasteiger partial charge in [-0.05, 0) is 25.1 Å². The zero-order valence-electron chi connectivity index (χ0n) is 9.34. The summed E-state index contributed by atoms with van der Waals surface area (Å²) in [6, 6.07) is 4.01. The molecule has 0 unspecified atom stereocenters. The van der Waals surface area contributed by atoms with Crippen LogP contribution in [0.5, 0.6) is 0 Å². The van der Waals surface area contributed by atoms with Gasteiger partial charge in [-0.2, -0.15) is 0 Å². The van der Waals surface area contributed by atoms with Crippen molar-refractivity contribution in [3.05, 3.63) is 29.0 Å². The van der Waals surface area contributed by atoms with E-state index in [2.05, 4.69) is 10.6 Å². The van der Waals surface area contributed by atoms with Gasteiger partial charge in [0.25, 0.3) is 0 Å². The number of anilines is 1. The number of aliphatic hydroxyl groups excluding tert-OH is 1. The molecule has 1 aromatic carbocycles. The van der Waals surface area contributed by atoms with Gasteiger partial charge in [-0.1, -0.05) is 11.6 Å². The van der Waals surface area contributed by atoms with Crippen molar-refractivity contribution in [3.8, 4) is 0 Å². The molecule has 0 aliphatic rings. The number of hydrogen-bond acceptors (Lipinski definition) is 3. The monoisotopic (exact) mass is 260 g/mol. The second kappa shape index (κ2) is 6.54. The first-order chi connectivity index (χ1) is 7.99. The van der Waals surface area contributed by atoms with Crippen LogP contribution in [-0.2, 0) is 4.79 Å². The molecule has 1 amide bonds. The van der Waals surface area contributed by atoms with Crippen LogP contribution < -0.4 is 10.6 Å². The fourth-order valence-corrected chi connectivity index (χ4v) is 1.34. The van der Waals surface area contributed by atoms with Crippen LogP contribution in [0.2, 0.25) is 5.02 Å². The average molecular weight is 261 g/mol. The van der Waals surface area contributed by atoms with Gasteiger partial charge in [0.05, 0.1) is 18.3 Å². The maximum absolute atomic E-state index is 13.3. The predicted molar refractivity (Wildman–Crippen MR) is 64.6 cm³/mol. The third-order valence-electron chi connectivity index (χ3n) is 1.93. The molecule has 0 aliphatic carbocycles. The number of nitrogens with one attached hydrogen (secondary N) is 2. The van der Waals surface area contributed by atoms with E-state index in [1.807, 2.05) is 0 Å². The van der Waals surface area contributed by atoms with Crippen molar-refractivity contribution < 1.29 is 14.3 Å². The van der Waals surface area contributed by atoms with Crippen molar-refractivity contribution >= 4 is 23.2 Å². The SMILES string of the molecule is C[C@@H](O)CNCC(=O)Nc1ccc(Cl)cc1F. The van der Waals surface area contributed by atoms with Crippen LogP contribution in [0.1, 0.15) is 6.92 Å². The Kier molecular flexibility index (Phi) is 5.34. The molecule has 17 heavy (non-hydrogen) atoms. The molecule has 0 spiro atoms. The van der Waals surface area contributed by atoms with Gasteiger partial charge in [-0.15, -0.1) is 0 Å². The van der Waals surface area contributed by atoms with E-state index in [1.165, 1.54) is 12.1 Å². The van der Waals surface area contributed by atoms with Gasteiger partial charge in [-0.25, -0.2) is 4.39 Å². The van der Waals surface area contributed by atoms with E-state index in [1.54, 1.807) is 6.92 Å². The largest absolute Gasteiger partial charge is 0.392 e. The average Bonchev–Trinajstić information content (AvgIpc) is 2.21. The second-order valence-electron chi connectivity index (χ2n) is 3.65. The van der Waals surface area contributed by atoms with Crippen molar-refractivity contribution in [1.29, 1.82) is 0 Å². The van der Waals surface area contributed by atoms with Crippen molar-refractivity contribution in [1.82, 2.24) is 5.32 Å². The van der Waals surface area contributed by atoms with Gasteiger partial charge in [0.15, 0.2) is 0 Å². The Morgan fingerprint density at radius 3 is 2.88 bits per heavy atom. The topological polar surface area (TPSA) is 61.4 Å². The Morgan fingerprint density at radius 2 is 2.29 bits per heavy atom. The summed E-state index contributed by atoms with van der Waals surface area (Å²) in [4.78, 5) is 11.4. The maximum atomic E-state index is 13.3. The number of carbonyl (C=O) groups excluding carboxylic acids is 1. The number of rotatable bonds is 5. The van der Waals surface area contributed by atoms with Crippen LogP contribution >= 0.6 is 11.6 Å². The van der Waals surface area contributed by atoms with Crippen LogP contribution in [0.25, 0.3) is 0 Å². The molecule has 1 rings (SSSR count). The summed E-state index contributed by atoms with van der Waals surface area (Å²) in [6.45, 7) is 1.91. The van der Waals surface area contributed by atoms with Gasteiger partial charge in [-0.3, -0.25) is 4.79 Å². The Balaban J connectivity index is 2.45. The molecular weight excluding hydrogens is 247 g/mol. The van der Waals surface area contributed by atoms with Gasteiger partial charge >= 0.3 is 0 Å². The van der Waals surface area contributed by atoms with Crippen LogP contribution in [0.3, 0.4) is 0 Å². The van der Waals surface area contributed by atoms with E-state index < -0.39 is 11.9 Å². The Morgan fingerprint density at radius 1 is 1.59 bits per heavy atom. The minimum absolute atomic E-state index is 0.00691. The van der Waals surface area contributed by atoms with Crippen molar-refractivity contribution in [3.63, 3.8) is 0 Å². The highest BCUT2D eigenvalue weighted by Crippen LogP contribution is 2.18. The highest BCUT2D eigenvalue weighted by Gasteiger charge is 2.07. The Bertz CT molecular complexity index is 399. The van der Waals surface area contributed by atoms with Crippen molar-refractivity contribution in [2.75, 3.05) is 18.4 Å². The molecule has 0 heterocycles. The quantitative estimate of drug-likeness (QED) is 0.750. The molecule has 0 radical (unpaired) electrons.